The van der Waals surface area contributed by atoms with Gasteiger partial charge in [0, 0.05) is 56.6 Å². The molecule has 11 heteroatoms. The normalized spacial score (nSPS) is 43.7. The Kier molecular flexibility index (Phi) is 12.2. The van der Waals surface area contributed by atoms with Crippen molar-refractivity contribution in [1.29, 1.82) is 0 Å². The molecule has 2 bridgehead atoms. The van der Waals surface area contributed by atoms with Gasteiger partial charge in [0.1, 0.15) is 12.1 Å². The fourth-order valence-corrected chi connectivity index (χ4v) is 11.6. The summed E-state index contributed by atoms with van der Waals surface area (Å²) in [6, 6.07) is -0.286. The van der Waals surface area contributed by atoms with E-state index in [0.29, 0.717) is 48.2 Å². The molecule has 11 nitrogen and oxygen atoms in total. The van der Waals surface area contributed by atoms with E-state index in [2.05, 4.69) is 50.4 Å². The minimum absolute atomic E-state index is 0.0497. The van der Waals surface area contributed by atoms with Gasteiger partial charge in [-0.1, -0.05) is 27.2 Å². The summed E-state index contributed by atoms with van der Waals surface area (Å²) in [5.41, 5.74) is 0.319. The van der Waals surface area contributed by atoms with Gasteiger partial charge in [0.25, 0.3) is 0 Å². The smallest absolute Gasteiger partial charge is 0.240 e. The molecule has 7 rings (SSSR count). The van der Waals surface area contributed by atoms with Gasteiger partial charge in [0.15, 0.2) is 0 Å². The number of amides is 2. The third-order valence-corrected chi connectivity index (χ3v) is 14.7. The standard InChI is InChI=1S/C39H68N4O7/c1-22-31-17-27(39(31,3)4)18-32(22)41-38(47)35-34(23(2)45)33(21-44)50-43(35)20-24-10-8-12-30(36(24)48-7)25-14-26(16-28(15-25)42(5)6)37(46)40-19-29-11-9-13-49-29/h22-36,44-45H,8-21H2,1-7H3,(H,40,46)(H,41,47)/t22-,23-,24?,25?,26?,27+,28?,29?,30?,31-,32-,33-,34-,35-,36?/m0/s1. The van der Waals surface area contributed by atoms with Crippen molar-refractivity contribution in [3.8, 4) is 0 Å². The molecule has 7 aliphatic rings. The van der Waals surface area contributed by atoms with Crippen LogP contribution in [0.15, 0.2) is 0 Å². The average molecular weight is 705 g/mol. The molecule has 15 atom stereocenters. The number of carbonyl (C=O) groups excluding carboxylic acids is 2. The molecular formula is C39H68N4O7. The Hall–Kier alpha value is -1.34. The number of methoxy groups -OCH3 is 1. The predicted molar refractivity (Wildman–Crippen MR) is 191 cm³/mol. The lowest BCUT2D eigenvalue weighted by molar-refractivity contribution is -0.193. The Labute approximate surface area is 300 Å². The number of fused-ring (bicyclic) bond motifs is 2. The van der Waals surface area contributed by atoms with Crippen molar-refractivity contribution in [3.63, 3.8) is 0 Å². The summed E-state index contributed by atoms with van der Waals surface area (Å²) >= 11 is 0. The highest BCUT2D eigenvalue weighted by Crippen LogP contribution is 2.61. The first-order valence-corrected chi connectivity index (χ1v) is 19.9. The molecular weight excluding hydrogens is 636 g/mol. The van der Waals surface area contributed by atoms with E-state index in [9.17, 15) is 19.8 Å². The third kappa shape index (κ3) is 7.66. The van der Waals surface area contributed by atoms with Crippen LogP contribution in [0.25, 0.3) is 0 Å². The molecule has 7 fully saturated rings. The monoisotopic (exact) mass is 705 g/mol. The van der Waals surface area contributed by atoms with Gasteiger partial charge in [-0.3, -0.25) is 14.4 Å². The van der Waals surface area contributed by atoms with Crippen LogP contribution in [0, 0.1) is 52.8 Å². The predicted octanol–water partition coefficient (Wildman–Crippen LogP) is 3.22. The topological polar surface area (TPSA) is 133 Å². The minimum atomic E-state index is -0.824. The van der Waals surface area contributed by atoms with Crippen LogP contribution in [-0.2, 0) is 23.9 Å². The van der Waals surface area contributed by atoms with Crippen LogP contribution in [0.5, 0.6) is 0 Å². The van der Waals surface area contributed by atoms with E-state index in [-0.39, 0.29) is 54.4 Å². The molecule has 7 unspecified atom stereocenters. The van der Waals surface area contributed by atoms with Crippen LogP contribution in [0.1, 0.15) is 91.9 Å². The van der Waals surface area contributed by atoms with Gasteiger partial charge in [0.2, 0.25) is 11.8 Å². The fourth-order valence-electron chi connectivity index (χ4n) is 11.6. The number of nitrogens with zero attached hydrogens (tertiary/aromatic N) is 2. The van der Waals surface area contributed by atoms with E-state index in [1.165, 1.54) is 6.42 Å². The van der Waals surface area contributed by atoms with Crippen molar-refractivity contribution in [2.45, 2.75) is 134 Å². The number of aliphatic hydroxyl groups excluding tert-OH is 2. The number of carbonyl (C=O) groups is 2. The Morgan fingerprint density at radius 3 is 2.46 bits per heavy atom. The lowest BCUT2D eigenvalue weighted by Gasteiger charge is -2.62. The number of rotatable bonds is 12. The molecule has 5 aliphatic carbocycles. The van der Waals surface area contributed by atoms with Crippen molar-refractivity contribution in [1.82, 2.24) is 20.6 Å². The Bertz CT molecular complexity index is 1160. The maximum Gasteiger partial charge on any atom is 0.240 e. The van der Waals surface area contributed by atoms with Crippen LogP contribution in [-0.4, -0.2) is 122 Å². The summed E-state index contributed by atoms with van der Waals surface area (Å²) in [5.74, 6) is 1.76. The molecule has 0 radical (unpaired) electrons. The maximum atomic E-state index is 14.3. The van der Waals surface area contributed by atoms with E-state index in [0.717, 1.165) is 64.4 Å². The Balaban J connectivity index is 1.15. The number of hydroxylamine groups is 2. The fraction of sp³-hybridized carbons (Fsp3) is 0.949. The summed E-state index contributed by atoms with van der Waals surface area (Å²) < 4.78 is 12.1. The van der Waals surface area contributed by atoms with E-state index >= 15 is 0 Å². The highest BCUT2D eigenvalue weighted by atomic mass is 16.7. The molecule has 5 saturated carbocycles. The van der Waals surface area contributed by atoms with Gasteiger partial charge >= 0.3 is 0 Å². The molecule has 2 aliphatic heterocycles. The van der Waals surface area contributed by atoms with Gasteiger partial charge in [0.05, 0.1) is 24.9 Å². The molecule has 50 heavy (non-hydrogen) atoms. The number of aliphatic hydroxyl groups is 2. The lowest BCUT2D eigenvalue weighted by Crippen LogP contribution is -2.62. The van der Waals surface area contributed by atoms with E-state index < -0.39 is 24.2 Å². The summed E-state index contributed by atoms with van der Waals surface area (Å²) in [6.07, 6.45) is 8.63. The van der Waals surface area contributed by atoms with E-state index in [4.69, 9.17) is 14.3 Å². The van der Waals surface area contributed by atoms with Crippen LogP contribution in [0.3, 0.4) is 0 Å². The number of hydrogen-bond donors (Lipinski definition) is 4. The van der Waals surface area contributed by atoms with Crippen molar-refractivity contribution in [2.75, 3.05) is 47.5 Å². The second-order valence-electron chi connectivity index (χ2n) is 18.0. The quantitative estimate of drug-likeness (QED) is 0.242. The molecule has 0 aromatic heterocycles. The first kappa shape index (κ1) is 38.4. The zero-order valence-corrected chi connectivity index (χ0v) is 31.9. The third-order valence-electron chi connectivity index (χ3n) is 14.7. The second kappa shape index (κ2) is 15.9. The van der Waals surface area contributed by atoms with Crippen LogP contribution in [0.4, 0.5) is 0 Å². The zero-order valence-electron chi connectivity index (χ0n) is 31.9. The van der Waals surface area contributed by atoms with E-state index in [1.807, 2.05) is 0 Å². The van der Waals surface area contributed by atoms with E-state index in [1.54, 1.807) is 19.1 Å². The Morgan fingerprint density at radius 2 is 1.84 bits per heavy atom. The summed E-state index contributed by atoms with van der Waals surface area (Å²) in [6.45, 7) is 10.3. The molecule has 286 valence electrons. The summed E-state index contributed by atoms with van der Waals surface area (Å²) in [5, 5.41) is 29.7. The van der Waals surface area contributed by atoms with Crippen LogP contribution in [0.2, 0.25) is 0 Å². The number of nitrogens with one attached hydrogen (secondary N) is 2. The van der Waals surface area contributed by atoms with Gasteiger partial charge in [-0.15, -0.1) is 0 Å². The largest absolute Gasteiger partial charge is 0.394 e. The molecule has 2 heterocycles. The van der Waals surface area contributed by atoms with Crippen molar-refractivity contribution in [3.05, 3.63) is 0 Å². The van der Waals surface area contributed by atoms with Gasteiger partial charge in [-0.2, -0.15) is 5.06 Å². The number of hydrogen-bond acceptors (Lipinski definition) is 9. The van der Waals surface area contributed by atoms with Crippen molar-refractivity contribution >= 4 is 11.8 Å². The van der Waals surface area contributed by atoms with Crippen molar-refractivity contribution < 1.29 is 34.1 Å². The maximum absolute atomic E-state index is 14.3. The summed E-state index contributed by atoms with van der Waals surface area (Å²) in [4.78, 5) is 36.5. The zero-order chi connectivity index (χ0) is 35.9. The highest BCUT2D eigenvalue weighted by Gasteiger charge is 2.58. The van der Waals surface area contributed by atoms with Gasteiger partial charge in [-0.05, 0) is 114 Å². The lowest BCUT2D eigenvalue weighted by atomic mass is 9.45. The van der Waals surface area contributed by atoms with Crippen molar-refractivity contribution in [2.24, 2.45) is 52.8 Å². The molecule has 2 amide bonds. The molecule has 0 spiro atoms. The molecule has 2 saturated heterocycles. The highest BCUT2D eigenvalue weighted by molar-refractivity contribution is 5.83. The van der Waals surface area contributed by atoms with Crippen LogP contribution >= 0.6 is 0 Å². The summed E-state index contributed by atoms with van der Waals surface area (Å²) in [7, 11) is 6.04. The first-order chi connectivity index (χ1) is 23.8. The Morgan fingerprint density at radius 1 is 1.06 bits per heavy atom. The van der Waals surface area contributed by atoms with Crippen LogP contribution < -0.4 is 10.6 Å². The average Bonchev–Trinajstić information content (AvgIpc) is 3.75. The number of ether oxygens (including phenoxy) is 2. The molecule has 4 N–H and O–H groups in total. The minimum Gasteiger partial charge on any atom is -0.394 e. The second-order valence-corrected chi connectivity index (χ2v) is 18.0. The SMILES string of the molecule is COC1C(CN2O[C@@H](CO)[C@H]([C@H](C)O)[C@H]2C(=O)N[C@H]2C[C@H]3C[C@@H]([C@@H]2C)C3(C)C)CCCC1C1CC(C(=O)NCC2CCCO2)CC(N(C)C)C1. The molecule has 0 aromatic carbocycles. The van der Waals surface area contributed by atoms with Gasteiger partial charge in [-0.25, -0.2) is 0 Å². The van der Waals surface area contributed by atoms with Gasteiger partial charge < -0.3 is 35.2 Å². The first-order valence-electron chi connectivity index (χ1n) is 19.9. The molecule has 0 aromatic rings.